The smallest absolute Gasteiger partial charge is 0.146 e. The molecule has 3 nitrogen and oxygen atoms in total. The van der Waals surface area contributed by atoms with Gasteiger partial charge in [0.05, 0.1) is 17.4 Å². The van der Waals surface area contributed by atoms with E-state index in [4.69, 9.17) is 0 Å². The Hall–Kier alpha value is -1.13. The van der Waals surface area contributed by atoms with Crippen molar-refractivity contribution in [3.8, 4) is 0 Å². The number of piperidine rings is 1. The zero-order valence-corrected chi connectivity index (χ0v) is 10.9. The van der Waals surface area contributed by atoms with Gasteiger partial charge in [-0.25, -0.2) is 4.39 Å². The summed E-state index contributed by atoms with van der Waals surface area (Å²) < 4.78 is 14.0. The van der Waals surface area contributed by atoms with Crippen molar-refractivity contribution in [1.29, 1.82) is 0 Å². The van der Waals surface area contributed by atoms with Crippen LogP contribution in [0.4, 0.5) is 10.1 Å². The molecule has 0 unspecified atom stereocenters. The molecule has 1 saturated heterocycles. The minimum Gasteiger partial charge on any atom is -0.390 e. The van der Waals surface area contributed by atoms with Crippen molar-refractivity contribution >= 4 is 5.69 Å². The topological polar surface area (TPSA) is 43.7 Å². The van der Waals surface area contributed by atoms with Crippen LogP contribution in [0.3, 0.4) is 0 Å². The predicted octanol–water partition coefficient (Wildman–Crippen LogP) is 2.23. The summed E-state index contributed by atoms with van der Waals surface area (Å²) in [5.41, 5.74) is 0.502. The summed E-state index contributed by atoms with van der Waals surface area (Å²) in [4.78, 5) is 1.94. The van der Waals surface area contributed by atoms with E-state index in [1.54, 1.807) is 19.1 Å². The van der Waals surface area contributed by atoms with Crippen molar-refractivity contribution in [1.82, 2.24) is 0 Å². The number of benzene rings is 1. The number of aliphatic hydroxyl groups excluding tert-OH is 1. The second-order valence-electron chi connectivity index (χ2n) is 5.37. The summed E-state index contributed by atoms with van der Waals surface area (Å²) in [6.07, 6.45) is 0.630. The molecule has 18 heavy (non-hydrogen) atoms. The van der Waals surface area contributed by atoms with Crippen molar-refractivity contribution < 1.29 is 14.6 Å². The summed E-state index contributed by atoms with van der Waals surface area (Å²) in [5.74, 6) is -0.310. The van der Waals surface area contributed by atoms with Gasteiger partial charge < -0.3 is 15.1 Å². The van der Waals surface area contributed by atoms with Gasteiger partial charge in [-0.05, 0) is 44.4 Å². The largest absolute Gasteiger partial charge is 0.390 e. The highest BCUT2D eigenvalue weighted by atomic mass is 19.1. The molecule has 1 aromatic rings. The number of hydrogen-bond acceptors (Lipinski definition) is 3. The van der Waals surface area contributed by atoms with Crippen LogP contribution < -0.4 is 4.90 Å². The lowest BCUT2D eigenvalue weighted by Gasteiger charge is -2.37. The lowest BCUT2D eigenvalue weighted by Crippen LogP contribution is -2.42. The lowest BCUT2D eigenvalue weighted by molar-refractivity contribution is 0.0350. The molecule has 4 heteroatoms. The van der Waals surface area contributed by atoms with Crippen LogP contribution in [0.5, 0.6) is 0 Å². The van der Waals surface area contributed by atoms with E-state index in [1.165, 1.54) is 6.07 Å². The molecule has 1 fully saturated rings. The number of anilines is 1. The van der Waals surface area contributed by atoms with E-state index in [2.05, 4.69) is 0 Å². The number of nitrogens with zero attached hydrogens (tertiary/aromatic N) is 1. The molecule has 1 atom stereocenters. The van der Waals surface area contributed by atoms with Gasteiger partial charge >= 0.3 is 0 Å². The van der Waals surface area contributed by atoms with Gasteiger partial charge in [-0.3, -0.25) is 0 Å². The Kier molecular flexibility index (Phi) is 3.59. The molecule has 1 heterocycles. The molecule has 1 aliphatic rings. The molecule has 2 rings (SSSR count). The van der Waals surface area contributed by atoms with E-state index >= 15 is 0 Å². The zero-order chi connectivity index (χ0) is 13.3. The summed E-state index contributed by atoms with van der Waals surface area (Å²) in [7, 11) is 0. The molecule has 100 valence electrons. The highest BCUT2D eigenvalue weighted by Crippen LogP contribution is 2.29. The van der Waals surface area contributed by atoms with Crippen LogP contribution in [0.15, 0.2) is 18.2 Å². The Labute approximate surface area is 107 Å². The van der Waals surface area contributed by atoms with Crippen LogP contribution in [0, 0.1) is 5.82 Å². The van der Waals surface area contributed by atoms with E-state index in [0.29, 0.717) is 37.2 Å². The quantitative estimate of drug-likeness (QED) is 0.849. The molecule has 0 radical (unpaired) electrons. The maximum atomic E-state index is 14.0. The molecule has 0 aliphatic carbocycles. The standard InChI is InChI=1S/C14H20FNO2/c1-10(17)11-3-4-13(12(15)9-11)16-7-5-14(2,18)6-8-16/h3-4,9-10,17-18H,5-8H2,1-2H3/t10-/m0/s1. The third kappa shape index (κ3) is 2.82. The van der Waals surface area contributed by atoms with Gasteiger partial charge in [0, 0.05) is 13.1 Å². The molecule has 0 spiro atoms. The van der Waals surface area contributed by atoms with Gasteiger partial charge in [0.2, 0.25) is 0 Å². The normalized spacial score (nSPS) is 20.8. The van der Waals surface area contributed by atoms with Gasteiger partial charge in [0.1, 0.15) is 5.82 Å². The molecule has 1 aliphatic heterocycles. The fourth-order valence-electron chi connectivity index (χ4n) is 2.27. The number of hydrogen-bond donors (Lipinski definition) is 2. The second kappa shape index (κ2) is 4.86. The average molecular weight is 253 g/mol. The molecule has 2 N–H and O–H groups in total. The van der Waals surface area contributed by atoms with Crippen LogP contribution in [0.1, 0.15) is 38.4 Å². The Morgan fingerprint density at radius 2 is 1.94 bits per heavy atom. The molecule has 0 aromatic heterocycles. The number of aliphatic hydroxyl groups is 2. The van der Waals surface area contributed by atoms with E-state index in [-0.39, 0.29) is 5.82 Å². The summed E-state index contributed by atoms with van der Waals surface area (Å²) in [6, 6.07) is 4.83. The van der Waals surface area contributed by atoms with Crippen molar-refractivity contribution in [3.63, 3.8) is 0 Å². The summed E-state index contributed by atoms with van der Waals surface area (Å²) in [6.45, 7) is 4.74. The Balaban J connectivity index is 2.15. The molecule has 0 amide bonds. The third-order valence-corrected chi connectivity index (χ3v) is 3.64. The number of halogens is 1. The molecule has 1 aromatic carbocycles. The summed E-state index contributed by atoms with van der Waals surface area (Å²) in [5, 5.41) is 19.3. The lowest BCUT2D eigenvalue weighted by atomic mass is 9.93. The van der Waals surface area contributed by atoms with Crippen LogP contribution in [0.25, 0.3) is 0 Å². The van der Waals surface area contributed by atoms with E-state index < -0.39 is 11.7 Å². The average Bonchev–Trinajstić information content (AvgIpc) is 2.29. The Morgan fingerprint density at radius 3 is 2.44 bits per heavy atom. The molecular weight excluding hydrogens is 233 g/mol. The highest BCUT2D eigenvalue weighted by Gasteiger charge is 2.28. The molecule has 0 saturated carbocycles. The third-order valence-electron chi connectivity index (χ3n) is 3.64. The SMILES string of the molecule is C[C@H](O)c1ccc(N2CCC(C)(O)CC2)c(F)c1. The monoisotopic (exact) mass is 253 g/mol. The van der Waals surface area contributed by atoms with Gasteiger partial charge in [-0.2, -0.15) is 0 Å². The maximum absolute atomic E-state index is 14.0. The second-order valence-corrected chi connectivity index (χ2v) is 5.37. The predicted molar refractivity (Wildman–Crippen MR) is 69.1 cm³/mol. The van der Waals surface area contributed by atoms with Gasteiger partial charge in [0.15, 0.2) is 0 Å². The fourth-order valence-corrected chi connectivity index (χ4v) is 2.27. The number of rotatable bonds is 2. The van der Waals surface area contributed by atoms with Gasteiger partial charge in [-0.1, -0.05) is 6.07 Å². The van der Waals surface area contributed by atoms with Gasteiger partial charge in [0.25, 0.3) is 0 Å². The van der Waals surface area contributed by atoms with Crippen LogP contribution in [0.2, 0.25) is 0 Å². The minimum absolute atomic E-state index is 0.310. The van der Waals surface area contributed by atoms with Crippen molar-refractivity contribution in [2.75, 3.05) is 18.0 Å². The first-order chi connectivity index (χ1) is 8.39. The molecular formula is C14H20FNO2. The van der Waals surface area contributed by atoms with E-state index in [1.807, 2.05) is 11.8 Å². The first-order valence-electron chi connectivity index (χ1n) is 6.34. The Morgan fingerprint density at radius 1 is 1.33 bits per heavy atom. The van der Waals surface area contributed by atoms with Crippen LogP contribution in [-0.4, -0.2) is 28.9 Å². The van der Waals surface area contributed by atoms with E-state index in [0.717, 1.165) is 0 Å². The van der Waals surface area contributed by atoms with Crippen molar-refractivity contribution in [3.05, 3.63) is 29.6 Å². The van der Waals surface area contributed by atoms with Gasteiger partial charge in [-0.15, -0.1) is 0 Å². The Bertz CT molecular complexity index is 422. The first-order valence-corrected chi connectivity index (χ1v) is 6.34. The summed E-state index contributed by atoms with van der Waals surface area (Å²) >= 11 is 0. The highest BCUT2D eigenvalue weighted by molar-refractivity contribution is 5.50. The van der Waals surface area contributed by atoms with Crippen molar-refractivity contribution in [2.45, 2.75) is 38.4 Å². The fraction of sp³-hybridized carbons (Fsp3) is 0.571. The molecule has 0 bridgehead atoms. The van der Waals surface area contributed by atoms with E-state index in [9.17, 15) is 14.6 Å². The van der Waals surface area contributed by atoms with Crippen LogP contribution in [-0.2, 0) is 0 Å². The van der Waals surface area contributed by atoms with Crippen LogP contribution >= 0.6 is 0 Å². The zero-order valence-electron chi connectivity index (χ0n) is 10.9. The first kappa shape index (κ1) is 13.3. The minimum atomic E-state index is -0.657. The maximum Gasteiger partial charge on any atom is 0.146 e. The van der Waals surface area contributed by atoms with Crippen molar-refractivity contribution in [2.24, 2.45) is 0 Å².